The fraction of sp³-hybridized carbons (Fsp3) is 0.357. The largest absolute Gasteiger partial charge is 0.489 e. The molecule has 11 heteroatoms. The van der Waals surface area contributed by atoms with Crippen LogP contribution in [0.25, 0.3) is 16.0 Å². The molecule has 1 aliphatic heterocycles. The Morgan fingerprint density at radius 1 is 1.18 bits per heavy atom. The number of halogens is 2. The molecule has 1 atom stereocenters. The first-order valence-electron chi connectivity index (χ1n) is 12.7. The Morgan fingerprint density at radius 2 is 1.97 bits per heavy atom. The van der Waals surface area contributed by atoms with E-state index in [2.05, 4.69) is 9.88 Å². The van der Waals surface area contributed by atoms with Crippen molar-refractivity contribution in [1.29, 1.82) is 0 Å². The first-order chi connectivity index (χ1) is 18.9. The van der Waals surface area contributed by atoms with Gasteiger partial charge in [0.25, 0.3) is 0 Å². The lowest BCUT2D eigenvalue weighted by molar-refractivity contribution is 0.0600. The van der Waals surface area contributed by atoms with Gasteiger partial charge in [-0.2, -0.15) is 0 Å². The maximum Gasteiger partial charge on any atom is 0.351 e. The van der Waals surface area contributed by atoms with Crippen molar-refractivity contribution in [2.75, 3.05) is 33.4 Å². The fourth-order valence-electron chi connectivity index (χ4n) is 4.72. The minimum atomic E-state index is -0.489. The molecule has 1 saturated heterocycles. The van der Waals surface area contributed by atoms with E-state index in [0.717, 1.165) is 47.5 Å². The minimum Gasteiger partial charge on any atom is -0.489 e. The van der Waals surface area contributed by atoms with Crippen molar-refractivity contribution < 1.29 is 24.1 Å². The summed E-state index contributed by atoms with van der Waals surface area (Å²) in [7, 11) is 1.34. The molecular weight excluding hydrogens is 561 g/mol. The van der Waals surface area contributed by atoms with E-state index in [9.17, 15) is 9.90 Å². The number of fused-ring (bicyclic) bond motifs is 1. The first kappa shape index (κ1) is 27.7. The maximum absolute atomic E-state index is 12.7. The number of benzene rings is 2. The minimum absolute atomic E-state index is 0.0501. The number of esters is 1. The molecule has 8 nitrogen and oxygen atoms in total. The van der Waals surface area contributed by atoms with E-state index >= 15 is 0 Å². The van der Waals surface area contributed by atoms with Crippen molar-refractivity contribution in [3.8, 4) is 16.5 Å². The molecule has 0 amide bonds. The van der Waals surface area contributed by atoms with Crippen LogP contribution in [0.5, 0.6) is 11.5 Å². The zero-order valence-corrected chi connectivity index (χ0v) is 23.9. The number of hydrogen-bond donors (Lipinski definition) is 1. The van der Waals surface area contributed by atoms with E-state index in [4.69, 9.17) is 37.4 Å². The molecule has 5 rings (SSSR count). The topological polar surface area (TPSA) is 86.1 Å². The highest BCUT2D eigenvalue weighted by molar-refractivity contribution is 7.16. The Kier molecular flexibility index (Phi) is 8.64. The summed E-state index contributed by atoms with van der Waals surface area (Å²) in [6, 6.07) is 12.9. The van der Waals surface area contributed by atoms with Gasteiger partial charge in [-0.1, -0.05) is 35.3 Å². The van der Waals surface area contributed by atoms with Crippen LogP contribution in [0.1, 0.15) is 41.1 Å². The maximum atomic E-state index is 12.7. The first-order valence-corrected chi connectivity index (χ1v) is 14.2. The summed E-state index contributed by atoms with van der Waals surface area (Å²) >= 11 is 14.2. The molecule has 0 saturated carbocycles. The van der Waals surface area contributed by atoms with Gasteiger partial charge in [0, 0.05) is 36.3 Å². The van der Waals surface area contributed by atoms with Gasteiger partial charge in [-0.3, -0.25) is 4.57 Å². The normalized spacial score (nSPS) is 15.4. The summed E-state index contributed by atoms with van der Waals surface area (Å²) in [6.45, 7) is 4.47. The SMILES string of the molecule is COC(=O)c1sc(-n2cnc3cc(Cl)ccc32)cc1OC(C)c1cccc(OC2CCN(CCO)CC2)c1Cl. The summed E-state index contributed by atoms with van der Waals surface area (Å²) in [6.07, 6.45) is 2.99. The molecule has 1 N–H and O–H groups in total. The molecule has 1 aliphatic rings. The Hall–Kier alpha value is -2.82. The molecule has 0 bridgehead atoms. The molecule has 39 heavy (non-hydrogen) atoms. The van der Waals surface area contributed by atoms with E-state index in [0.29, 0.717) is 33.0 Å². The van der Waals surface area contributed by atoms with E-state index in [-0.39, 0.29) is 12.7 Å². The van der Waals surface area contributed by atoms with Crippen LogP contribution in [0.3, 0.4) is 0 Å². The van der Waals surface area contributed by atoms with Crippen LogP contribution in [0, 0.1) is 0 Å². The van der Waals surface area contributed by atoms with Gasteiger partial charge in [0.2, 0.25) is 0 Å². The molecule has 0 radical (unpaired) electrons. The van der Waals surface area contributed by atoms with E-state index < -0.39 is 12.1 Å². The number of aliphatic hydroxyl groups is 1. The second-order valence-electron chi connectivity index (χ2n) is 9.32. The van der Waals surface area contributed by atoms with Crippen LogP contribution in [0.2, 0.25) is 10.0 Å². The van der Waals surface area contributed by atoms with Gasteiger partial charge in [0.05, 0.1) is 29.8 Å². The highest BCUT2D eigenvalue weighted by Crippen LogP contribution is 2.39. The second kappa shape index (κ2) is 12.1. The van der Waals surface area contributed by atoms with Crippen molar-refractivity contribution in [1.82, 2.24) is 14.5 Å². The number of carbonyl (C=O) groups excluding carboxylic acids is 1. The van der Waals surface area contributed by atoms with Crippen LogP contribution in [-0.2, 0) is 4.74 Å². The number of piperidine rings is 1. The van der Waals surface area contributed by atoms with Crippen molar-refractivity contribution in [3.05, 3.63) is 69.3 Å². The standard InChI is InChI=1S/C28H29Cl2N3O5S/c1-17(20-4-3-5-23(26(20)30)38-19-8-10-32(11-9-19)12-13-34)37-24-15-25(39-27(24)28(35)36-2)33-16-31-21-14-18(29)6-7-22(21)33/h3-7,14-17,19,34H,8-13H2,1-2H3. The predicted molar refractivity (Wildman–Crippen MR) is 153 cm³/mol. The van der Waals surface area contributed by atoms with E-state index in [1.54, 1.807) is 24.5 Å². The Morgan fingerprint density at radius 3 is 2.72 bits per heavy atom. The molecule has 4 aromatic rings. The Bertz CT molecular complexity index is 1460. The second-order valence-corrected chi connectivity index (χ2v) is 11.2. The summed E-state index contributed by atoms with van der Waals surface area (Å²) in [5, 5.41) is 11.0. The highest BCUT2D eigenvalue weighted by atomic mass is 35.5. The van der Waals surface area contributed by atoms with Gasteiger partial charge in [0.1, 0.15) is 35.0 Å². The van der Waals surface area contributed by atoms with Crippen molar-refractivity contribution in [3.63, 3.8) is 0 Å². The molecule has 0 aliphatic carbocycles. The fourth-order valence-corrected chi connectivity index (χ4v) is 6.21. The number of methoxy groups -OCH3 is 1. The lowest BCUT2D eigenvalue weighted by Gasteiger charge is -2.32. The number of thiophene rings is 1. The average molecular weight is 591 g/mol. The zero-order chi connectivity index (χ0) is 27.5. The van der Waals surface area contributed by atoms with Crippen molar-refractivity contribution in [2.45, 2.75) is 32.0 Å². The summed E-state index contributed by atoms with van der Waals surface area (Å²) in [4.78, 5) is 19.7. The van der Waals surface area contributed by atoms with E-state index in [1.807, 2.05) is 35.8 Å². The van der Waals surface area contributed by atoms with Gasteiger partial charge in [-0.15, -0.1) is 11.3 Å². The molecule has 1 fully saturated rings. The molecule has 206 valence electrons. The number of β-amino-alcohol motifs (C(OH)–C–C–N with tert-alkyl or cyclic N) is 1. The van der Waals surface area contributed by atoms with Crippen LogP contribution in [0.15, 0.2) is 48.8 Å². The molecule has 2 aromatic heterocycles. The summed E-state index contributed by atoms with van der Waals surface area (Å²) in [5.74, 6) is 0.508. The lowest BCUT2D eigenvalue weighted by Crippen LogP contribution is -2.39. The third kappa shape index (κ3) is 6.02. The number of nitrogens with zero attached hydrogens (tertiary/aromatic N) is 3. The van der Waals surface area contributed by atoms with Crippen LogP contribution in [-0.4, -0.2) is 65.0 Å². The van der Waals surface area contributed by atoms with Crippen molar-refractivity contribution in [2.24, 2.45) is 0 Å². The smallest absolute Gasteiger partial charge is 0.351 e. The summed E-state index contributed by atoms with van der Waals surface area (Å²) < 4.78 is 19.5. The number of rotatable bonds is 9. The Balaban J connectivity index is 1.37. The molecular formula is C28H29Cl2N3O5S. The quantitative estimate of drug-likeness (QED) is 0.234. The molecule has 1 unspecified atom stereocenters. The number of imidazole rings is 1. The van der Waals surface area contributed by atoms with Crippen LogP contribution < -0.4 is 9.47 Å². The average Bonchev–Trinajstić information content (AvgIpc) is 3.54. The van der Waals surface area contributed by atoms with Gasteiger partial charge in [-0.05, 0) is 44.0 Å². The number of hydrogen-bond acceptors (Lipinski definition) is 8. The third-order valence-corrected chi connectivity index (χ3v) is 8.52. The molecule has 2 aromatic carbocycles. The monoisotopic (exact) mass is 589 g/mol. The number of aromatic nitrogens is 2. The highest BCUT2D eigenvalue weighted by Gasteiger charge is 2.25. The number of likely N-dealkylation sites (tertiary alicyclic amines) is 1. The summed E-state index contributed by atoms with van der Waals surface area (Å²) in [5.41, 5.74) is 2.35. The van der Waals surface area contributed by atoms with Gasteiger partial charge in [-0.25, -0.2) is 9.78 Å². The number of ether oxygens (including phenoxy) is 3. The van der Waals surface area contributed by atoms with Crippen LogP contribution in [0.4, 0.5) is 0 Å². The van der Waals surface area contributed by atoms with Gasteiger partial charge >= 0.3 is 5.97 Å². The molecule has 0 spiro atoms. The molecule has 3 heterocycles. The third-order valence-electron chi connectivity index (χ3n) is 6.78. The zero-order valence-electron chi connectivity index (χ0n) is 21.6. The number of aliphatic hydroxyl groups excluding tert-OH is 1. The van der Waals surface area contributed by atoms with Crippen LogP contribution >= 0.6 is 34.5 Å². The Labute approximate surface area is 240 Å². The van der Waals surface area contributed by atoms with Crippen molar-refractivity contribution >= 4 is 51.5 Å². The lowest BCUT2D eigenvalue weighted by atomic mass is 10.1. The van der Waals surface area contributed by atoms with E-state index in [1.165, 1.54) is 18.4 Å². The van der Waals surface area contributed by atoms with Gasteiger partial charge in [0.15, 0.2) is 4.88 Å². The predicted octanol–water partition coefficient (Wildman–Crippen LogP) is 6.16. The number of carbonyl (C=O) groups is 1. The van der Waals surface area contributed by atoms with Gasteiger partial charge < -0.3 is 24.2 Å².